The number of nitrogens with one attached hydrogen (secondary N) is 1. The van der Waals surface area contributed by atoms with Gasteiger partial charge >= 0.3 is 0 Å². The van der Waals surface area contributed by atoms with E-state index in [2.05, 4.69) is 12.2 Å². The first kappa shape index (κ1) is 20.2. The van der Waals surface area contributed by atoms with Crippen LogP contribution in [0.3, 0.4) is 0 Å². The van der Waals surface area contributed by atoms with E-state index in [1.807, 2.05) is 0 Å². The summed E-state index contributed by atoms with van der Waals surface area (Å²) in [7, 11) is 0. The lowest BCUT2D eigenvalue weighted by molar-refractivity contribution is -0.119. The Kier molecular flexibility index (Phi) is 6.31. The molecule has 3 nitrogen and oxygen atoms in total. The molecule has 3 aliphatic rings. The Morgan fingerprint density at radius 3 is 2.61 bits per heavy atom. The summed E-state index contributed by atoms with van der Waals surface area (Å²) < 4.78 is 0. The lowest BCUT2D eigenvalue weighted by Crippen LogP contribution is -2.28. The van der Waals surface area contributed by atoms with Crippen LogP contribution in [0.2, 0.25) is 0 Å². The standard InChI is InChI=1S/C23H31NO2S2/c1-2-3-17(27)10-15-6-9-20-18(11-15)22(23(26)24-13-14-4-5-14)21(28-20)12-19(25)16-7-8-16/h14-16H,2-13H2,1H3,(H,24,26). The van der Waals surface area contributed by atoms with Crippen LogP contribution in [0, 0.1) is 17.8 Å². The van der Waals surface area contributed by atoms with E-state index in [1.54, 1.807) is 11.3 Å². The van der Waals surface area contributed by atoms with Gasteiger partial charge in [0.25, 0.3) is 5.91 Å². The van der Waals surface area contributed by atoms with Crippen LogP contribution in [0.25, 0.3) is 0 Å². The van der Waals surface area contributed by atoms with Crippen LogP contribution in [0.1, 0.15) is 84.0 Å². The zero-order valence-electron chi connectivity index (χ0n) is 16.9. The fraction of sp³-hybridized carbons (Fsp3) is 0.696. The third kappa shape index (κ3) is 4.91. The molecule has 0 spiro atoms. The molecule has 1 amide bonds. The average Bonchev–Trinajstić information content (AvgIpc) is 3.56. The summed E-state index contributed by atoms with van der Waals surface area (Å²) in [6.45, 7) is 2.96. The lowest BCUT2D eigenvalue weighted by Gasteiger charge is -2.23. The zero-order valence-corrected chi connectivity index (χ0v) is 18.5. The molecule has 2 saturated carbocycles. The van der Waals surface area contributed by atoms with Crippen LogP contribution in [-0.2, 0) is 24.1 Å². The van der Waals surface area contributed by atoms with Gasteiger partial charge in [-0.2, -0.15) is 0 Å². The molecule has 3 aliphatic carbocycles. The maximum absolute atomic E-state index is 13.1. The van der Waals surface area contributed by atoms with Gasteiger partial charge in [0, 0.05) is 28.6 Å². The summed E-state index contributed by atoms with van der Waals surface area (Å²) in [5, 5.41) is 3.16. The monoisotopic (exact) mass is 417 g/mol. The smallest absolute Gasteiger partial charge is 0.252 e. The molecular formula is C23H31NO2S2. The Morgan fingerprint density at radius 2 is 1.93 bits per heavy atom. The number of aryl methyl sites for hydroxylation is 1. The van der Waals surface area contributed by atoms with Gasteiger partial charge in [0.15, 0.2) is 0 Å². The number of ketones is 1. The number of hydrogen-bond donors (Lipinski definition) is 1. The molecule has 5 heteroatoms. The number of fused-ring (bicyclic) bond motifs is 1. The molecule has 0 aromatic carbocycles. The van der Waals surface area contributed by atoms with Gasteiger partial charge < -0.3 is 5.32 Å². The van der Waals surface area contributed by atoms with E-state index in [0.29, 0.717) is 24.0 Å². The summed E-state index contributed by atoms with van der Waals surface area (Å²) in [6.07, 6.45) is 11.2. The van der Waals surface area contributed by atoms with Crippen molar-refractivity contribution in [1.82, 2.24) is 5.32 Å². The number of Topliss-reactive ketones (excluding diaryl/α,β-unsaturated/α-hetero) is 1. The lowest BCUT2D eigenvalue weighted by atomic mass is 9.82. The van der Waals surface area contributed by atoms with E-state index in [9.17, 15) is 9.59 Å². The largest absolute Gasteiger partial charge is 0.352 e. The van der Waals surface area contributed by atoms with Crippen molar-refractivity contribution >= 4 is 40.1 Å². The summed E-state index contributed by atoms with van der Waals surface area (Å²) in [5.74, 6) is 1.84. The first-order valence-electron chi connectivity index (χ1n) is 11.0. The topological polar surface area (TPSA) is 46.2 Å². The minimum atomic E-state index is 0.0554. The SMILES string of the molecule is CCCC(=S)CC1CCc2sc(CC(=O)C3CC3)c(C(=O)NCC3CC3)c2C1. The molecular weight excluding hydrogens is 386 g/mol. The number of amides is 1. The number of carbonyl (C=O) groups is 2. The van der Waals surface area contributed by atoms with Crippen LogP contribution >= 0.6 is 23.6 Å². The Balaban J connectivity index is 1.53. The van der Waals surface area contributed by atoms with Crippen LogP contribution in [0.5, 0.6) is 0 Å². The van der Waals surface area contributed by atoms with Crippen molar-refractivity contribution in [2.24, 2.45) is 17.8 Å². The molecule has 1 N–H and O–H groups in total. The highest BCUT2D eigenvalue weighted by Crippen LogP contribution is 2.40. The van der Waals surface area contributed by atoms with Crippen LogP contribution in [0.4, 0.5) is 0 Å². The Hall–Kier alpha value is -1.07. The molecule has 0 radical (unpaired) electrons. The molecule has 1 aromatic rings. The van der Waals surface area contributed by atoms with E-state index < -0.39 is 0 Å². The number of carbonyl (C=O) groups excluding carboxylic acids is 2. The maximum atomic E-state index is 13.1. The maximum Gasteiger partial charge on any atom is 0.252 e. The fourth-order valence-corrected chi connectivity index (χ4v) is 6.13. The second kappa shape index (κ2) is 8.74. The number of thiophene rings is 1. The number of rotatable bonds is 10. The first-order chi connectivity index (χ1) is 13.5. The Labute approximate surface area is 177 Å². The van der Waals surface area contributed by atoms with Crippen molar-refractivity contribution < 1.29 is 9.59 Å². The quantitative estimate of drug-likeness (QED) is 0.540. The van der Waals surface area contributed by atoms with Crippen molar-refractivity contribution in [2.45, 2.75) is 77.6 Å². The van der Waals surface area contributed by atoms with E-state index in [4.69, 9.17) is 12.2 Å². The third-order valence-electron chi connectivity index (χ3n) is 6.32. The predicted octanol–water partition coefficient (Wildman–Crippen LogP) is 5.07. The molecule has 28 heavy (non-hydrogen) atoms. The van der Waals surface area contributed by atoms with Crippen molar-refractivity contribution in [2.75, 3.05) is 6.54 Å². The zero-order chi connectivity index (χ0) is 19.7. The molecule has 1 aromatic heterocycles. The fourth-order valence-electron chi connectivity index (χ4n) is 4.33. The first-order valence-corrected chi connectivity index (χ1v) is 12.2. The number of thiocarbonyl (C=S) groups is 1. The molecule has 4 rings (SSSR count). The van der Waals surface area contributed by atoms with Gasteiger partial charge in [0.1, 0.15) is 5.78 Å². The van der Waals surface area contributed by atoms with E-state index in [-0.39, 0.29) is 11.8 Å². The van der Waals surface area contributed by atoms with Gasteiger partial charge in [-0.25, -0.2) is 0 Å². The van der Waals surface area contributed by atoms with Gasteiger partial charge in [0.2, 0.25) is 0 Å². The molecule has 152 valence electrons. The second-order valence-electron chi connectivity index (χ2n) is 8.97. The van der Waals surface area contributed by atoms with Gasteiger partial charge in [-0.3, -0.25) is 9.59 Å². The summed E-state index contributed by atoms with van der Waals surface area (Å²) in [4.78, 5) is 29.1. The Morgan fingerprint density at radius 1 is 1.14 bits per heavy atom. The van der Waals surface area contributed by atoms with Crippen molar-refractivity contribution in [3.63, 3.8) is 0 Å². The van der Waals surface area contributed by atoms with E-state index >= 15 is 0 Å². The highest BCUT2D eigenvalue weighted by molar-refractivity contribution is 7.80. The minimum Gasteiger partial charge on any atom is -0.352 e. The van der Waals surface area contributed by atoms with Gasteiger partial charge in [-0.05, 0) is 80.1 Å². The van der Waals surface area contributed by atoms with Gasteiger partial charge in [-0.15, -0.1) is 11.3 Å². The van der Waals surface area contributed by atoms with Gasteiger partial charge in [-0.1, -0.05) is 25.6 Å². The molecule has 1 heterocycles. The normalized spacial score (nSPS) is 21.2. The minimum absolute atomic E-state index is 0.0554. The van der Waals surface area contributed by atoms with Gasteiger partial charge in [0.05, 0.1) is 5.56 Å². The molecule has 2 fully saturated rings. The average molecular weight is 418 g/mol. The van der Waals surface area contributed by atoms with Crippen LogP contribution in [0.15, 0.2) is 0 Å². The highest BCUT2D eigenvalue weighted by Gasteiger charge is 2.34. The van der Waals surface area contributed by atoms with Crippen LogP contribution < -0.4 is 5.32 Å². The molecule has 1 atom stereocenters. The predicted molar refractivity (Wildman–Crippen MR) is 118 cm³/mol. The number of hydrogen-bond acceptors (Lipinski definition) is 4. The second-order valence-corrected chi connectivity index (χ2v) is 10.7. The van der Waals surface area contributed by atoms with Crippen molar-refractivity contribution in [3.8, 4) is 0 Å². The van der Waals surface area contributed by atoms with Crippen molar-refractivity contribution in [3.05, 3.63) is 20.9 Å². The van der Waals surface area contributed by atoms with Crippen LogP contribution in [-0.4, -0.2) is 23.1 Å². The van der Waals surface area contributed by atoms with Crippen molar-refractivity contribution in [1.29, 1.82) is 0 Å². The molecule has 0 saturated heterocycles. The summed E-state index contributed by atoms with van der Waals surface area (Å²) >= 11 is 7.30. The molecule has 0 bridgehead atoms. The highest BCUT2D eigenvalue weighted by atomic mass is 32.1. The molecule has 0 aliphatic heterocycles. The van der Waals surface area contributed by atoms with E-state index in [1.165, 1.54) is 28.1 Å². The van der Waals surface area contributed by atoms with E-state index in [0.717, 1.165) is 68.4 Å². The molecule has 1 unspecified atom stereocenters. The Bertz CT molecular complexity index is 774. The summed E-state index contributed by atoms with van der Waals surface area (Å²) in [5.41, 5.74) is 2.08. The summed E-state index contributed by atoms with van der Waals surface area (Å²) in [6, 6.07) is 0. The third-order valence-corrected chi connectivity index (χ3v) is 7.99.